The Labute approximate surface area is 81.5 Å². The fourth-order valence-corrected chi connectivity index (χ4v) is 0.720. The van der Waals surface area contributed by atoms with Crippen LogP contribution in [-0.2, 0) is 28.9 Å². The summed E-state index contributed by atoms with van der Waals surface area (Å²) in [4.78, 5) is 10.8. The minimum absolute atomic E-state index is 0.159. The molecule has 0 spiro atoms. The Hall–Kier alpha value is -0.562. The average molecular weight is 340 g/mol. The number of hydrogen-bond acceptors (Lipinski definition) is 2. The van der Waals surface area contributed by atoms with Crippen molar-refractivity contribution in [3.05, 3.63) is 23.8 Å². The molecular formula is C8H9FO2W. The molecule has 0 aromatic rings. The molecule has 0 atom stereocenters. The zero-order chi connectivity index (χ0) is 9.72. The maximum atomic E-state index is 12.5. The van der Waals surface area contributed by atoms with Crippen LogP contribution in [0.4, 0.5) is 4.39 Å². The molecule has 0 unspecified atom stereocenters. The van der Waals surface area contributed by atoms with Crippen molar-refractivity contribution in [2.45, 2.75) is 6.92 Å². The first-order valence-corrected chi connectivity index (χ1v) is 4.61. The van der Waals surface area contributed by atoms with Crippen molar-refractivity contribution in [3.63, 3.8) is 0 Å². The van der Waals surface area contributed by atoms with Crippen LogP contribution in [0.2, 0.25) is 0 Å². The Morgan fingerprint density at radius 3 is 2.50 bits per heavy atom. The van der Waals surface area contributed by atoms with E-state index in [9.17, 15) is 9.18 Å². The molecule has 0 aromatic heterocycles. The van der Waals surface area contributed by atoms with Gasteiger partial charge in [-0.25, -0.2) is 0 Å². The molecule has 0 bridgehead atoms. The van der Waals surface area contributed by atoms with E-state index < -0.39 is 5.97 Å². The molecule has 0 aromatic carbocycles. The summed E-state index contributed by atoms with van der Waals surface area (Å²) >= 11 is 0.733. The summed E-state index contributed by atoms with van der Waals surface area (Å²) in [6, 6.07) is 0. The topological polar surface area (TPSA) is 26.3 Å². The average Bonchev–Trinajstić information content (AvgIpc) is 2.02. The van der Waals surface area contributed by atoms with Crippen molar-refractivity contribution >= 4 is 10.1 Å². The second kappa shape index (κ2) is 5.15. The summed E-state index contributed by atoms with van der Waals surface area (Å²) in [5, 5.41) is 0. The van der Waals surface area contributed by atoms with Gasteiger partial charge in [-0.2, -0.15) is 0 Å². The summed E-state index contributed by atoms with van der Waals surface area (Å²) in [6.07, 6.45) is 1.37. The zero-order valence-corrected chi connectivity index (χ0v) is 9.82. The van der Waals surface area contributed by atoms with Crippen LogP contribution in [0.15, 0.2) is 23.8 Å². The van der Waals surface area contributed by atoms with Crippen molar-refractivity contribution in [2.24, 2.45) is 0 Å². The molecule has 66 valence electrons. The molecule has 0 amide bonds. The van der Waals surface area contributed by atoms with Gasteiger partial charge >= 0.3 is 81.2 Å². The molecular weight excluding hydrogens is 331 g/mol. The normalized spacial score (nSPS) is 10.8. The summed E-state index contributed by atoms with van der Waals surface area (Å²) in [5.74, 6) is -0.536. The Morgan fingerprint density at radius 1 is 1.67 bits per heavy atom. The minimum atomic E-state index is -0.536. The van der Waals surface area contributed by atoms with Crippen LogP contribution in [-0.4, -0.2) is 17.2 Å². The number of carbonyl (C=O) groups excluding carboxylic acids is 1. The van der Waals surface area contributed by atoms with Crippen LogP contribution in [0.3, 0.4) is 0 Å². The van der Waals surface area contributed by atoms with E-state index in [2.05, 4.69) is 11.3 Å². The van der Waals surface area contributed by atoms with E-state index in [0.29, 0.717) is 5.57 Å². The number of hydrogen-bond donors (Lipinski definition) is 0. The van der Waals surface area contributed by atoms with E-state index in [4.69, 9.17) is 0 Å². The molecule has 0 aliphatic rings. The first-order valence-electron chi connectivity index (χ1n) is 3.14. The molecule has 0 aliphatic carbocycles. The first kappa shape index (κ1) is 11.4. The number of carbonyl (C=O) groups is 1. The summed E-state index contributed by atoms with van der Waals surface area (Å²) in [6.45, 7) is 5.01. The molecule has 0 fully saturated rings. The van der Waals surface area contributed by atoms with E-state index in [1.165, 1.54) is 13.2 Å². The van der Waals surface area contributed by atoms with E-state index >= 15 is 0 Å². The van der Waals surface area contributed by atoms with Crippen LogP contribution in [0.1, 0.15) is 6.92 Å². The Morgan fingerprint density at radius 2 is 2.17 bits per heavy atom. The van der Waals surface area contributed by atoms with Gasteiger partial charge in [-0.15, -0.1) is 0 Å². The summed E-state index contributed by atoms with van der Waals surface area (Å²) < 4.78 is 16.6. The van der Waals surface area contributed by atoms with Crippen molar-refractivity contribution in [1.29, 1.82) is 0 Å². The molecule has 0 saturated carbocycles. The molecule has 12 heavy (non-hydrogen) atoms. The Bertz CT molecular complexity index is 256. The molecule has 0 radical (unpaired) electrons. The van der Waals surface area contributed by atoms with E-state index in [-0.39, 0.29) is 9.72 Å². The standard InChI is InChI=1S/C8H9FO2.W/c1-6(5-9)4-7(2)8(10)11-3;/h4H,2H2,1,3H3;/b6-4-;. The predicted octanol–water partition coefficient (Wildman–Crippen LogP) is 1.31. The summed E-state index contributed by atoms with van der Waals surface area (Å²) in [5.41, 5.74) is 0.576. The quantitative estimate of drug-likeness (QED) is 0.440. The third kappa shape index (κ3) is 3.72. The number of ether oxygens (including phenoxy) is 1. The van der Waals surface area contributed by atoms with Gasteiger partial charge in [0.2, 0.25) is 0 Å². The van der Waals surface area contributed by atoms with Gasteiger partial charge in [0.15, 0.2) is 0 Å². The second-order valence-corrected chi connectivity index (χ2v) is 3.41. The third-order valence-corrected chi connectivity index (χ3v) is 2.31. The fourth-order valence-electron chi connectivity index (χ4n) is 0.508. The molecule has 0 N–H and O–H groups in total. The van der Waals surface area contributed by atoms with Gasteiger partial charge in [0, 0.05) is 0 Å². The van der Waals surface area contributed by atoms with Crippen LogP contribution in [0.25, 0.3) is 0 Å². The van der Waals surface area contributed by atoms with Gasteiger partial charge in [0.25, 0.3) is 0 Å². The van der Waals surface area contributed by atoms with E-state index in [0.717, 1.165) is 19.4 Å². The monoisotopic (exact) mass is 340 g/mol. The van der Waals surface area contributed by atoms with Crippen LogP contribution in [0.5, 0.6) is 0 Å². The number of methoxy groups -OCH3 is 1. The van der Waals surface area contributed by atoms with Gasteiger partial charge in [-0.1, -0.05) is 0 Å². The number of esters is 1. The Balaban J connectivity index is 4.44. The van der Waals surface area contributed by atoms with E-state index in [1.807, 2.05) is 0 Å². The Kier molecular flexibility index (Phi) is 4.91. The van der Waals surface area contributed by atoms with Gasteiger partial charge in [0.1, 0.15) is 0 Å². The van der Waals surface area contributed by atoms with Crippen molar-refractivity contribution in [1.82, 2.24) is 0 Å². The fraction of sp³-hybridized carbons (Fsp3) is 0.250. The van der Waals surface area contributed by atoms with Crippen molar-refractivity contribution < 1.29 is 33.3 Å². The molecule has 0 rings (SSSR count). The molecule has 0 heterocycles. The summed E-state index contributed by atoms with van der Waals surface area (Å²) in [7, 11) is 1.26. The van der Waals surface area contributed by atoms with Crippen LogP contribution in [0, 0.1) is 0 Å². The number of allylic oxidation sites excluding steroid dienone is 1. The zero-order valence-electron chi connectivity index (χ0n) is 6.89. The maximum absolute atomic E-state index is 12.5. The molecule has 0 aliphatic heterocycles. The molecule has 4 heteroatoms. The van der Waals surface area contributed by atoms with Crippen molar-refractivity contribution in [3.8, 4) is 0 Å². The van der Waals surface area contributed by atoms with Gasteiger partial charge < -0.3 is 0 Å². The SMILES string of the molecule is C=C(/C=C(/C)[C](F)=[W])C(=O)OC. The molecule has 2 nitrogen and oxygen atoms in total. The van der Waals surface area contributed by atoms with Gasteiger partial charge in [-0.3, -0.25) is 0 Å². The third-order valence-electron chi connectivity index (χ3n) is 1.15. The number of halogens is 1. The van der Waals surface area contributed by atoms with Gasteiger partial charge in [0.05, 0.1) is 0 Å². The predicted molar refractivity (Wildman–Crippen MR) is 41.0 cm³/mol. The number of rotatable bonds is 3. The first-order chi connectivity index (χ1) is 5.49. The molecule has 0 saturated heterocycles. The second-order valence-electron chi connectivity index (χ2n) is 2.12. The van der Waals surface area contributed by atoms with Gasteiger partial charge in [-0.05, 0) is 0 Å². The van der Waals surface area contributed by atoms with E-state index in [1.54, 1.807) is 6.92 Å². The van der Waals surface area contributed by atoms with Crippen LogP contribution >= 0.6 is 0 Å². The van der Waals surface area contributed by atoms with Crippen molar-refractivity contribution in [2.75, 3.05) is 7.11 Å². The van der Waals surface area contributed by atoms with Crippen LogP contribution < -0.4 is 0 Å².